The smallest absolute Gasteiger partial charge is 0.302 e. The quantitative estimate of drug-likeness (QED) is 0.559. The van der Waals surface area contributed by atoms with Gasteiger partial charge in [0.1, 0.15) is 6.10 Å². The first kappa shape index (κ1) is 24.1. The van der Waals surface area contributed by atoms with Crippen molar-refractivity contribution in [3.05, 3.63) is 53.6 Å². The van der Waals surface area contributed by atoms with Crippen molar-refractivity contribution in [2.75, 3.05) is 27.3 Å². The molecule has 7 nitrogen and oxygen atoms in total. The van der Waals surface area contributed by atoms with Gasteiger partial charge in [-0.2, -0.15) is 4.31 Å². The van der Waals surface area contributed by atoms with Gasteiger partial charge in [0.15, 0.2) is 11.5 Å². The Labute approximate surface area is 190 Å². The molecule has 1 saturated heterocycles. The topological polar surface area (TPSA) is 82.1 Å². The molecule has 1 heterocycles. The van der Waals surface area contributed by atoms with Crippen LogP contribution in [0.1, 0.15) is 31.4 Å². The van der Waals surface area contributed by atoms with Crippen LogP contribution in [-0.2, 0) is 26.0 Å². The predicted molar refractivity (Wildman–Crippen MR) is 121 cm³/mol. The maximum absolute atomic E-state index is 13.4. The average Bonchev–Trinajstić information content (AvgIpc) is 3.12. The molecule has 1 aliphatic heterocycles. The summed E-state index contributed by atoms with van der Waals surface area (Å²) in [5.41, 5.74) is 1.37. The second-order valence-electron chi connectivity index (χ2n) is 8.29. The molecule has 0 amide bonds. The van der Waals surface area contributed by atoms with Crippen molar-refractivity contribution in [1.29, 1.82) is 0 Å². The minimum atomic E-state index is -3.72. The zero-order valence-electron chi connectivity index (χ0n) is 19.3. The lowest BCUT2D eigenvalue weighted by atomic mass is 9.76. The summed E-state index contributed by atoms with van der Waals surface area (Å²) >= 11 is 0. The van der Waals surface area contributed by atoms with Gasteiger partial charge >= 0.3 is 5.97 Å². The van der Waals surface area contributed by atoms with Crippen molar-refractivity contribution in [3.63, 3.8) is 0 Å². The zero-order chi connectivity index (χ0) is 23.5. The van der Waals surface area contributed by atoms with Crippen LogP contribution in [-0.4, -0.2) is 52.1 Å². The highest BCUT2D eigenvalue weighted by Crippen LogP contribution is 2.42. The molecule has 0 spiro atoms. The van der Waals surface area contributed by atoms with E-state index in [9.17, 15) is 13.2 Å². The normalized spacial score (nSPS) is 21.3. The Morgan fingerprint density at radius 2 is 1.75 bits per heavy atom. The lowest BCUT2D eigenvalue weighted by Gasteiger charge is -2.33. The first-order chi connectivity index (χ1) is 15.1. The average molecular weight is 462 g/mol. The fourth-order valence-corrected chi connectivity index (χ4v) is 5.87. The molecular weight excluding hydrogens is 430 g/mol. The van der Waals surface area contributed by atoms with E-state index in [0.29, 0.717) is 24.3 Å². The minimum Gasteiger partial charge on any atom is -0.493 e. The highest BCUT2D eigenvalue weighted by atomic mass is 32.2. The molecule has 2 atom stereocenters. The second kappa shape index (κ2) is 9.50. The molecule has 8 heteroatoms. The Kier molecular flexibility index (Phi) is 7.15. The summed E-state index contributed by atoms with van der Waals surface area (Å²) in [6.07, 6.45) is 0.610. The van der Waals surface area contributed by atoms with Gasteiger partial charge in [0.2, 0.25) is 10.0 Å². The van der Waals surface area contributed by atoms with Gasteiger partial charge in [-0.3, -0.25) is 4.79 Å². The summed E-state index contributed by atoms with van der Waals surface area (Å²) < 4.78 is 44.6. The van der Waals surface area contributed by atoms with Gasteiger partial charge in [-0.1, -0.05) is 30.7 Å². The maximum atomic E-state index is 13.4. The van der Waals surface area contributed by atoms with Crippen molar-refractivity contribution >= 4 is 16.0 Å². The number of carbonyl (C=O) groups excluding carboxylic acids is 1. The Balaban J connectivity index is 1.97. The van der Waals surface area contributed by atoms with Crippen LogP contribution in [0.15, 0.2) is 47.4 Å². The molecule has 1 fully saturated rings. The van der Waals surface area contributed by atoms with Crippen molar-refractivity contribution in [2.24, 2.45) is 5.41 Å². The molecule has 3 rings (SSSR count). The number of nitrogens with zero attached hydrogens (tertiary/aromatic N) is 1. The van der Waals surface area contributed by atoms with Gasteiger partial charge in [0.05, 0.1) is 25.7 Å². The summed E-state index contributed by atoms with van der Waals surface area (Å²) in [6, 6.07) is 12.4. The molecule has 0 bridgehead atoms. The molecule has 0 radical (unpaired) electrons. The lowest BCUT2D eigenvalue weighted by Crippen LogP contribution is -2.38. The van der Waals surface area contributed by atoms with E-state index in [2.05, 4.69) is 0 Å². The highest BCUT2D eigenvalue weighted by molar-refractivity contribution is 7.89. The van der Waals surface area contributed by atoms with E-state index in [1.54, 1.807) is 38.5 Å². The van der Waals surface area contributed by atoms with E-state index >= 15 is 0 Å². The number of esters is 1. The number of carbonyl (C=O) groups is 1. The third-order valence-electron chi connectivity index (χ3n) is 6.22. The molecule has 1 aliphatic rings. The van der Waals surface area contributed by atoms with Crippen LogP contribution in [0.5, 0.6) is 11.5 Å². The largest absolute Gasteiger partial charge is 0.493 e. The van der Waals surface area contributed by atoms with Crippen molar-refractivity contribution in [3.8, 4) is 11.5 Å². The standard InChI is InChI=1S/C24H31NO6S/c1-6-24(14-19-9-12-21(29-4)22(13-19)30-5)16-25(15-23(24)31-18(3)26)32(27,28)20-10-7-17(2)8-11-20/h7-13,23H,6,14-16H2,1-5H3/t23-,24-/m0/s1. The summed E-state index contributed by atoms with van der Waals surface area (Å²) in [4.78, 5) is 12.1. The van der Waals surface area contributed by atoms with Gasteiger partial charge in [-0.15, -0.1) is 0 Å². The first-order valence-corrected chi connectivity index (χ1v) is 12.0. The van der Waals surface area contributed by atoms with E-state index < -0.39 is 27.5 Å². The third-order valence-corrected chi connectivity index (χ3v) is 8.04. The molecule has 0 aromatic heterocycles. The predicted octanol–water partition coefficient (Wildman–Crippen LogP) is 3.59. The van der Waals surface area contributed by atoms with E-state index in [1.165, 1.54) is 11.2 Å². The summed E-state index contributed by atoms with van der Waals surface area (Å²) in [6.45, 7) is 5.64. The van der Waals surface area contributed by atoms with Crippen molar-refractivity contribution in [2.45, 2.75) is 44.6 Å². The van der Waals surface area contributed by atoms with Crippen molar-refractivity contribution in [1.82, 2.24) is 4.31 Å². The van der Waals surface area contributed by atoms with Crippen LogP contribution in [0.2, 0.25) is 0 Å². The zero-order valence-corrected chi connectivity index (χ0v) is 20.1. The second-order valence-corrected chi connectivity index (χ2v) is 10.2. The Morgan fingerprint density at radius 3 is 2.31 bits per heavy atom. The van der Waals surface area contributed by atoms with Crippen LogP contribution in [0.3, 0.4) is 0 Å². The summed E-state index contributed by atoms with van der Waals surface area (Å²) in [5, 5.41) is 0. The first-order valence-electron chi connectivity index (χ1n) is 10.6. The van der Waals surface area contributed by atoms with Crippen LogP contribution < -0.4 is 9.47 Å². The fraction of sp³-hybridized carbons (Fsp3) is 0.458. The number of ether oxygens (including phenoxy) is 3. The number of rotatable bonds is 8. The van der Waals surface area contributed by atoms with Crippen LogP contribution in [0, 0.1) is 12.3 Å². The minimum absolute atomic E-state index is 0.122. The number of sulfonamides is 1. The Morgan fingerprint density at radius 1 is 1.09 bits per heavy atom. The van der Waals surface area contributed by atoms with E-state index in [1.807, 2.05) is 32.0 Å². The number of aryl methyl sites for hydroxylation is 1. The van der Waals surface area contributed by atoms with Gasteiger partial charge in [-0.05, 0) is 49.6 Å². The van der Waals surface area contributed by atoms with E-state index in [0.717, 1.165) is 11.1 Å². The summed E-state index contributed by atoms with van der Waals surface area (Å²) in [5.74, 6) is 0.797. The fourth-order valence-electron chi connectivity index (χ4n) is 4.33. The molecule has 0 unspecified atom stereocenters. The van der Waals surface area contributed by atoms with Crippen LogP contribution >= 0.6 is 0 Å². The molecular formula is C24H31NO6S. The molecule has 0 aliphatic carbocycles. The molecule has 2 aromatic rings. The molecule has 0 N–H and O–H groups in total. The number of hydrogen-bond acceptors (Lipinski definition) is 6. The third kappa shape index (κ3) is 4.76. The molecule has 2 aromatic carbocycles. The van der Waals surface area contributed by atoms with Gasteiger partial charge in [-0.25, -0.2) is 8.42 Å². The van der Waals surface area contributed by atoms with E-state index in [-0.39, 0.29) is 18.0 Å². The molecule has 174 valence electrons. The monoisotopic (exact) mass is 461 g/mol. The maximum Gasteiger partial charge on any atom is 0.302 e. The van der Waals surface area contributed by atoms with Gasteiger partial charge in [0.25, 0.3) is 0 Å². The number of methoxy groups -OCH3 is 2. The SMILES string of the molecule is CC[C@]1(Cc2ccc(OC)c(OC)c2)CN(S(=O)(=O)c2ccc(C)cc2)C[C@@H]1OC(C)=O. The van der Waals surface area contributed by atoms with Gasteiger partial charge < -0.3 is 14.2 Å². The lowest BCUT2D eigenvalue weighted by molar-refractivity contribution is -0.150. The van der Waals surface area contributed by atoms with Gasteiger partial charge in [0, 0.05) is 18.9 Å². The Hall–Kier alpha value is -2.58. The van der Waals surface area contributed by atoms with Crippen LogP contribution in [0.25, 0.3) is 0 Å². The van der Waals surface area contributed by atoms with Crippen LogP contribution in [0.4, 0.5) is 0 Å². The number of hydrogen-bond donors (Lipinski definition) is 0. The van der Waals surface area contributed by atoms with Crippen molar-refractivity contribution < 1.29 is 27.4 Å². The van der Waals surface area contributed by atoms with E-state index in [4.69, 9.17) is 14.2 Å². The summed E-state index contributed by atoms with van der Waals surface area (Å²) in [7, 11) is -0.574. The highest BCUT2D eigenvalue weighted by Gasteiger charge is 2.51. The Bertz CT molecular complexity index is 1070. The number of benzene rings is 2. The molecule has 32 heavy (non-hydrogen) atoms. The molecule has 0 saturated carbocycles.